The van der Waals surface area contributed by atoms with E-state index in [4.69, 9.17) is 0 Å². The Hall–Kier alpha value is -3.28. The zero-order valence-electron chi connectivity index (χ0n) is 14.9. The first-order chi connectivity index (χ1) is 13.2. The molecule has 3 aromatic rings. The summed E-state index contributed by atoms with van der Waals surface area (Å²) in [5, 5.41) is 5.81. The number of benzene rings is 2. The molecule has 0 bridgehead atoms. The molecule has 1 heterocycles. The second-order valence-corrected chi connectivity index (χ2v) is 6.09. The van der Waals surface area contributed by atoms with Crippen LogP contribution in [0.25, 0.3) is 0 Å². The molecule has 0 saturated heterocycles. The molecule has 0 unspecified atom stereocenters. The lowest BCUT2D eigenvalue weighted by Crippen LogP contribution is -2.25. The summed E-state index contributed by atoms with van der Waals surface area (Å²) in [6, 6.07) is 16.7. The van der Waals surface area contributed by atoms with Crippen LogP contribution >= 0.6 is 0 Å². The number of carbonyl (C=O) groups is 1. The lowest BCUT2D eigenvalue weighted by Gasteiger charge is -2.07. The summed E-state index contributed by atoms with van der Waals surface area (Å²) in [5.41, 5.74) is 2.17. The van der Waals surface area contributed by atoms with Crippen molar-refractivity contribution in [3.05, 3.63) is 89.5 Å². The molecule has 1 aromatic heterocycles. The van der Waals surface area contributed by atoms with Crippen LogP contribution in [-0.4, -0.2) is 22.4 Å². The summed E-state index contributed by atoms with van der Waals surface area (Å²) in [6.07, 6.45) is 4.70. The fourth-order valence-corrected chi connectivity index (χ4v) is 2.59. The number of carbonyl (C=O) groups excluding carboxylic acids is 1. The molecule has 2 aromatic carbocycles. The van der Waals surface area contributed by atoms with Crippen molar-refractivity contribution < 1.29 is 9.18 Å². The lowest BCUT2D eigenvalue weighted by atomic mass is 10.1. The zero-order valence-corrected chi connectivity index (χ0v) is 14.9. The number of aryl methyl sites for hydroxylation is 1. The molecular weight excluding hydrogens is 343 g/mol. The van der Waals surface area contributed by atoms with E-state index in [-0.39, 0.29) is 18.3 Å². The molecular formula is C21H21FN4O. The van der Waals surface area contributed by atoms with E-state index >= 15 is 0 Å². The maximum absolute atomic E-state index is 13.6. The molecule has 1 amide bonds. The molecule has 0 aliphatic carbocycles. The Morgan fingerprint density at radius 3 is 2.41 bits per heavy atom. The first-order valence-corrected chi connectivity index (χ1v) is 8.84. The molecule has 0 aliphatic rings. The number of nitrogens with zero attached hydrogens (tertiary/aromatic N) is 2. The monoisotopic (exact) mass is 364 g/mol. The lowest BCUT2D eigenvalue weighted by molar-refractivity contribution is 0.0952. The predicted octanol–water partition coefficient (Wildman–Crippen LogP) is 3.59. The van der Waals surface area contributed by atoms with E-state index in [9.17, 15) is 9.18 Å². The zero-order chi connectivity index (χ0) is 18.9. The summed E-state index contributed by atoms with van der Waals surface area (Å²) >= 11 is 0. The molecule has 0 aliphatic heterocycles. The normalized spacial score (nSPS) is 10.4. The average molecular weight is 364 g/mol. The Kier molecular flexibility index (Phi) is 6.46. The van der Waals surface area contributed by atoms with Crippen molar-refractivity contribution in [1.29, 1.82) is 0 Å². The van der Waals surface area contributed by atoms with Gasteiger partial charge < -0.3 is 10.6 Å². The third kappa shape index (κ3) is 5.60. The van der Waals surface area contributed by atoms with Crippen molar-refractivity contribution in [3.8, 4) is 0 Å². The van der Waals surface area contributed by atoms with Gasteiger partial charge in [-0.15, -0.1) is 0 Å². The highest BCUT2D eigenvalue weighted by Gasteiger charge is 2.07. The van der Waals surface area contributed by atoms with Crippen molar-refractivity contribution in [2.24, 2.45) is 0 Å². The van der Waals surface area contributed by atoms with E-state index < -0.39 is 0 Å². The van der Waals surface area contributed by atoms with Crippen LogP contribution in [0.15, 0.2) is 67.0 Å². The minimum absolute atomic E-state index is 0.205. The van der Waals surface area contributed by atoms with Gasteiger partial charge in [-0.25, -0.2) is 14.4 Å². The highest BCUT2D eigenvalue weighted by molar-refractivity contribution is 5.93. The molecule has 0 saturated carbocycles. The summed E-state index contributed by atoms with van der Waals surface area (Å²) in [4.78, 5) is 20.4. The van der Waals surface area contributed by atoms with E-state index in [1.165, 1.54) is 24.0 Å². The number of hydrogen-bond donors (Lipinski definition) is 2. The smallest absolute Gasteiger partial charge is 0.254 e. The Morgan fingerprint density at radius 1 is 0.963 bits per heavy atom. The molecule has 0 radical (unpaired) electrons. The van der Waals surface area contributed by atoms with Gasteiger partial charge in [0.25, 0.3) is 5.91 Å². The largest absolute Gasteiger partial charge is 0.352 e. The number of anilines is 1. The summed E-state index contributed by atoms with van der Waals surface area (Å²) in [6.45, 7) is 0.860. The van der Waals surface area contributed by atoms with E-state index in [1.54, 1.807) is 18.2 Å². The minimum atomic E-state index is -0.281. The Labute approximate surface area is 157 Å². The molecule has 0 fully saturated rings. The van der Waals surface area contributed by atoms with Crippen LogP contribution in [0.4, 0.5) is 10.3 Å². The van der Waals surface area contributed by atoms with Crippen LogP contribution in [0.3, 0.4) is 0 Å². The highest BCUT2D eigenvalue weighted by atomic mass is 19.1. The minimum Gasteiger partial charge on any atom is -0.352 e. The van der Waals surface area contributed by atoms with Crippen molar-refractivity contribution in [2.75, 3.05) is 11.9 Å². The topological polar surface area (TPSA) is 66.9 Å². The van der Waals surface area contributed by atoms with Gasteiger partial charge >= 0.3 is 0 Å². The van der Waals surface area contributed by atoms with Gasteiger partial charge in [0, 0.05) is 31.0 Å². The van der Waals surface area contributed by atoms with Crippen LogP contribution in [0.2, 0.25) is 0 Å². The fourth-order valence-electron chi connectivity index (χ4n) is 2.59. The fraction of sp³-hybridized carbons (Fsp3) is 0.190. The molecule has 3 rings (SSSR count). The van der Waals surface area contributed by atoms with Crippen LogP contribution < -0.4 is 10.6 Å². The van der Waals surface area contributed by atoms with Crippen LogP contribution in [0.5, 0.6) is 0 Å². The number of amides is 1. The van der Waals surface area contributed by atoms with Crippen molar-refractivity contribution >= 4 is 11.9 Å². The number of halogens is 1. The second-order valence-electron chi connectivity index (χ2n) is 6.09. The quantitative estimate of drug-likeness (QED) is 0.600. The van der Waals surface area contributed by atoms with Gasteiger partial charge in [0.2, 0.25) is 5.95 Å². The predicted molar refractivity (Wildman–Crippen MR) is 103 cm³/mol. The average Bonchev–Trinajstić information content (AvgIpc) is 2.72. The Morgan fingerprint density at radius 2 is 1.67 bits per heavy atom. The van der Waals surface area contributed by atoms with Crippen LogP contribution in [0.1, 0.15) is 27.9 Å². The standard InChI is InChI=1S/C21H21FN4O/c22-19-11-5-4-10-17(19)13-24-21-25-14-18(15-26-21)20(27)23-12-6-9-16-7-2-1-3-8-16/h1-5,7-8,10-11,14-15H,6,9,12-13H2,(H,23,27)(H,24,25,26). The molecule has 2 N–H and O–H groups in total. The molecule has 6 heteroatoms. The Balaban J connectivity index is 1.43. The Bertz CT molecular complexity index is 869. The highest BCUT2D eigenvalue weighted by Crippen LogP contribution is 2.09. The van der Waals surface area contributed by atoms with Crippen molar-refractivity contribution in [2.45, 2.75) is 19.4 Å². The molecule has 27 heavy (non-hydrogen) atoms. The third-order valence-electron chi connectivity index (χ3n) is 4.08. The van der Waals surface area contributed by atoms with E-state index in [0.29, 0.717) is 23.6 Å². The molecule has 138 valence electrons. The summed E-state index contributed by atoms with van der Waals surface area (Å²) in [5.74, 6) is -0.140. The molecule has 5 nitrogen and oxygen atoms in total. The van der Waals surface area contributed by atoms with E-state index in [2.05, 4.69) is 32.7 Å². The van der Waals surface area contributed by atoms with Gasteiger partial charge in [0.05, 0.1) is 5.56 Å². The van der Waals surface area contributed by atoms with Gasteiger partial charge in [-0.3, -0.25) is 4.79 Å². The van der Waals surface area contributed by atoms with Crippen LogP contribution in [0, 0.1) is 5.82 Å². The number of nitrogens with one attached hydrogen (secondary N) is 2. The second kappa shape index (κ2) is 9.43. The maximum atomic E-state index is 13.6. The molecule has 0 atom stereocenters. The number of hydrogen-bond acceptors (Lipinski definition) is 4. The van der Waals surface area contributed by atoms with Gasteiger partial charge in [-0.05, 0) is 24.5 Å². The third-order valence-corrected chi connectivity index (χ3v) is 4.08. The van der Waals surface area contributed by atoms with Gasteiger partial charge in [0.15, 0.2) is 0 Å². The number of aromatic nitrogens is 2. The van der Waals surface area contributed by atoms with E-state index in [0.717, 1.165) is 12.8 Å². The first-order valence-electron chi connectivity index (χ1n) is 8.84. The first kappa shape index (κ1) is 18.5. The van der Waals surface area contributed by atoms with Crippen molar-refractivity contribution in [1.82, 2.24) is 15.3 Å². The molecule has 0 spiro atoms. The maximum Gasteiger partial charge on any atom is 0.254 e. The van der Waals surface area contributed by atoms with Gasteiger partial charge in [-0.2, -0.15) is 0 Å². The summed E-state index contributed by atoms with van der Waals surface area (Å²) in [7, 11) is 0. The van der Waals surface area contributed by atoms with Gasteiger partial charge in [-0.1, -0.05) is 48.5 Å². The summed E-state index contributed by atoms with van der Waals surface area (Å²) < 4.78 is 13.6. The number of rotatable bonds is 8. The van der Waals surface area contributed by atoms with E-state index in [1.807, 2.05) is 18.2 Å². The SMILES string of the molecule is O=C(NCCCc1ccccc1)c1cnc(NCc2ccccc2F)nc1. The van der Waals surface area contributed by atoms with Crippen LogP contribution in [-0.2, 0) is 13.0 Å². The van der Waals surface area contributed by atoms with Crippen molar-refractivity contribution in [3.63, 3.8) is 0 Å². The van der Waals surface area contributed by atoms with Gasteiger partial charge in [0.1, 0.15) is 5.82 Å².